The molecule has 0 radical (unpaired) electrons. The number of hydrogen-bond acceptors (Lipinski definition) is 4. The third-order valence-electron chi connectivity index (χ3n) is 4.01. The van der Waals surface area contributed by atoms with Crippen LogP contribution in [0.4, 0.5) is 0 Å². The third-order valence-corrected chi connectivity index (χ3v) is 4.01. The Balaban J connectivity index is 1.90. The van der Waals surface area contributed by atoms with E-state index in [2.05, 4.69) is 6.07 Å². The van der Waals surface area contributed by atoms with Crippen molar-refractivity contribution in [1.29, 1.82) is 0 Å². The molecule has 0 spiro atoms. The summed E-state index contributed by atoms with van der Waals surface area (Å²) >= 11 is 0. The van der Waals surface area contributed by atoms with E-state index in [0.717, 1.165) is 41.4 Å². The van der Waals surface area contributed by atoms with Crippen LogP contribution in [0.1, 0.15) is 23.7 Å². The minimum absolute atomic E-state index is 0.0273. The van der Waals surface area contributed by atoms with Gasteiger partial charge in [0.25, 0.3) is 0 Å². The van der Waals surface area contributed by atoms with Gasteiger partial charge >= 0.3 is 0 Å². The number of fused-ring (bicyclic) bond motifs is 1. The summed E-state index contributed by atoms with van der Waals surface area (Å²) in [5, 5.41) is 0. The van der Waals surface area contributed by atoms with Crippen molar-refractivity contribution < 1.29 is 18.9 Å². The molecular weight excluding hydrogens is 280 g/mol. The maximum absolute atomic E-state index is 6.18. The largest absolute Gasteiger partial charge is 0.497 e. The maximum Gasteiger partial charge on any atom is 0.129 e. The molecule has 2 aromatic rings. The first-order valence-electron chi connectivity index (χ1n) is 7.30. The SMILES string of the molecule is COc1ccc2c(c1)OC(c1ccc(OC)cc1OC)CC2. The van der Waals surface area contributed by atoms with Crippen LogP contribution in [0.2, 0.25) is 0 Å². The van der Waals surface area contributed by atoms with Gasteiger partial charge in [-0.2, -0.15) is 0 Å². The molecule has 0 saturated heterocycles. The molecular formula is C18H20O4. The van der Waals surface area contributed by atoms with Gasteiger partial charge in [-0.05, 0) is 36.6 Å². The molecule has 1 unspecified atom stereocenters. The highest BCUT2D eigenvalue weighted by atomic mass is 16.5. The van der Waals surface area contributed by atoms with Gasteiger partial charge in [-0.15, -0.1) is 0 Å². The average Bonchev–Trinajstić information content (AvgIpc) is 2.60. The van der Waals surface area contributed by atoms with Crippen molar-refractivity contribution in [3.05, 3.63) is 47.5 Å². The Morgan fingerprint density at radius 2 is 1.64 bits per heavy atom. The molecule has 0 N–H and O–H groups in total. The predicted molar refractivity (Wildman–Crippen MR) is 84.2 cm³/mol. The highest BCUT2D eigenvalue weighted by Gasteiger charge is 2.24. The number of methoxy groups -OCH3 is 3. The standard InChI is InChI=1S/C18H20O4/c1-19-13-6-4-12-5-9-16(22-17(12)10-13)15-8-7-14(20-2)11-18(15)21-3/h4,6-8,10-11,16H,5,9H2,1-3H3. The molecule has 0 aromatic heterocycles. The molecule has 1 aliphatic heterocycles. The summed E-state index contributed by atoms with van der Waals surface area (Å²) in [5.41, 5.74) is 2.25. The Hall–Kier alpha value is -2.36. The van der Waals surface area contributed by atoms with Crippen LogP contribution in [0.3, 0.4) is 0 Å². The van der Waals surface area contributed by atoms with E-state index >= 15 is 0 Å². The molecule has 0 bridgehead atoms. The quantitative estimate of drug-likeness (QED) is 0.861. The number of rotatable bonds is 4. The van der Waals surface area contributed by atoms with Gasteiger partial charge in [-0.1, -0.05) is 6.07 Å². The zero-order chi connectivity index (χ0) is 15.5. The van der Waals surface area contributed by atoms with E-state index in [0.29, 0.717) is 0 Å². The van der Waals surface area contributed by atoms with Crippen LogP contribution in [-0.2, 0) is 6.42 Å². The van der Waals surface area contributed by atoms with Gasteiger partial charge in [0, 0.05) is 17.7 Å². The molecule has 0 amide bonds. The Bertz CT molecular complexity index is 666. The first-order valence-corrected chi connectivity index (χ1v) is 7.30. The minimum Gasteiger partial charge on any atom is -0.497 e. The van der Waals surface area contributed by atoms with Gasteiger partial charge in [-0.3, -0.25) is 0 Å². The molecule has 3 rings (SSSR count). The predicted octanol–water partition coefficient (Wildman–Crippen LogP) is 3.78. The minimum atomic E-state index is -0.0273. The second-order valence-electron chi connectivity index (χ2n) is 5.23. The maximum atomic E-state index is 6.18. The Labute approximate surface area is 130 Å². The van der Waals surface area contributed by atoms with Crippen molar-refractivity contribution >= 4 is 0 Å². The summed E-state index contributed by atoms with van der Waals surface area (Å²) in [4.78, 5) is 0. The first-order chi connectivity index (χ1) is 10.7. The van der Waals surface area contributed by atoms with Gasteiger partial charge in [0.1, 0.15) is 29.1 Å². The molecule has 4 heteroatoms. The molecule has 1 atom stereocenters. The topological polar surface area (TPSA) is 36.9 Å². The van der Waals surface area contributed by atoms with Crippen molar-refractivity contribution in [2.45, 2.75) is 18.9 Å². The Morgan fingerprint density at radius 3 is 2.36 bits per heavy atom. The Kier molecular flexibility index (Phi) is 4.09. The highest BCUT2D eigenvalue weighted by molar-refractivity contribution is 5.46. The van der Waals surface area contributed by atoms with Crippen LogP contribution in [0.15, 0.2) is 36.4 Å². The summed E-state index contributed by atoms with van der Waals surface area (Å²) in [7, 11) is 4.97. The fraction of sp³-hybridized carbons (Fsp3) is 0.333. The summed E-state index contributed by atoms with van der Waals surface area (Å²) in [6.45, 7) is 0. The zero-order valence-electron chi connectivity index (χ0n) is 13.1. The van der Waals surface area contributed by atoms with Gasteiger partial charge in [0.05, 0.1) is 21.3 Å². The van der Waals surface area contributed by atoms with Crippen molar-refractivity contribution in [1.82, 2.24) is 0 Å². The van der Waals surface area contributed by atoms with Crippen molar-refractivity contribution in [2.24, 2.45) is 0 Å². The van der Waals surface area contributed by atoms with Gasteiger partial charge in [0.15, 0.2) is 0 Å². The van der Waals surface area contributed by atoms with E-state index in [9.17, 15) is 0 Å². The van der Waals surface area contributed by atoms with E-state index in [-0.39, 0.29) is 6.10 Å². The molecule has 1 aliphatic rings. The van der Waals surface area contributed by atoms with E-state index in [1.54, 1.807) is 21.3 Å². The summed E-state index contributed by atoms with van der Waals surface area (Å²) in [6.07, 6.45) is 1.86. The first kappa shape index (κ1) is 14.6. The van der Waals surface area contributed by atoms with Crippen LogP contribution < -0.4 is 18.9 Å². The fourth-order valence-electron chi connectivity index (χ4n) is 2.78. The fourth-order valence-corrected chi connectivity index (χ4v) is 2.78. The number of ether oxygens (including phenoxy) is 4. The monoisotopic (exact) mass is 300 g/mol. The summed E-state index contributed by atoms with van der Waals surface area (Å²) < 4.78 is 22.2. The van der Waals surface area contributed by atoms with Crippen LogP contribution in [0.5, 0.6) is 23.0 Å². The average molecular weight is 300 g/mol. The van der Waals surface area contributed by atoms with Gasteiger partial charge < -0.3 is 18.9 Å². The van der Waals surface area contributed by atoms with Crippen molar-refractivity contribution in [3.8, 4) is 23.0 Å². The lowest BCUT2D eigenvalue weighted by atomic mass is 9.96. The van der Waals surface area contributed by atoms with Crippen LogP contribution in [0.25, 0.3) is 0 Å². The lowest BCUT2D eigenvalue weighted by molar-refractivity contribution is 0.171. The number of aryl methyl sites for hydroxylation is 1. The molecule has 0 aliphatic carbocycles. The van der Waals surface area contributed by atoms with Crippen LogP contribution in [-0.4, -0.2) is 21.3 Å². The van der Waals surface area contributed by atoms with E-state index in [4.69, 9.17) is 18.9 Å². The lowest BCUT2D eigenvalue weighted by Gasteiger charge is -2.28. The molecule has 0 fully saturated rings. The van der Waals surface area contributed by atoms with Gasteiger partial charge in [0.2, 0.25) is 0 Å². The van der Waals surface area contributed by atoms with E-state index < -0.39 is 0 Å². The molecule has 0 saturated carbocycles. The summed E-state index contributed by atoms with van der Waals surface area (Å²) in [6, 6.07) is 11.8. The van der Waals surface area contributed by atoms with Crippen molar-refractivity contribution in [2.75, 3.05) is 21.3 Å². The summed E-state index contributed by atoms with van der Waals surface area (Å²) in [5.74, 6) is 3.25. The zero-order valence-corrected chi connectivity index (χ0v) is 13.1. The molecule has 116 valence electrons. The highest BCUT2D eigenvalue weighted by Crippen LogP contribution is 2.40. The molecule has 1 heterocycles. The lowest BCUT2D eigenvalue weighted by Crippen LogP contribution is -2.16. The van der Waals surface area contributed by atoms with E-state index in [1.165, 1.54) is 5.56 Å². The van der Waals surface area contributed by atoms with Gasteiger partial charge in [-0.25, -0.2) is 0 Å². The van der Waals surface area contributed by atoms with Crippen molar-refractivity contribution in [3.63, 3.8) is 0 Å². The van der Waals surface area contributed by atoms with Crippen LogP contribution >= 0.6 is 0 Å². The molecule has 22 heavy (non-hydrogen) atoms. The molecule has 2 aromatic carbocycles. The van der Waals surface area contributed by atoms with E-state index in [1.807, 2.05) is 30.3 Å². The van der Waals surface area contributed by atoms with Crippen LogP contribution in [0, 0.1) is 0 Å². The number of hydrogen-bond donors (Lipinski definition) is 0. The Morgan fingerprint density at radius 1 is 0.909 bits per heavy atom. The molecule has 4 nitrogen and oxygen atoms in total. The normalized spacial score (nSPS) is 16.4. The second-order valence-corrected chi connectivity index (χ2v) is 5.23. The second kappa shape index (κ2) is 6.18. The number of benzene rings is 2. The third kappa shape index (κ3) is 2.69. The smallest absolute Gasteiger partial charge is 0.129 e.